The van der Waals surface area contributed by atoms with Crippen LogP contribution in [0, 0.1) is 5.92 Å². The van der Waals surface area contributed by atoms with Gasteiger partial charge >= 0.3 is 0 Å². The number of aliphatic imine (C=N–C) groups is 1. The highest BCUT2D eigenvalue weighted by molar-refractivity contribution is 14.0. The third-order valence-electron chi connectivity index (χ3n) is 4.66. The van der Waals surface area contributed by atoms with Gasteiger partial charge in [-0.2, -0.15) is 0 Å². The molecule has 0 spiro atoms. The van der Waals surface area contributed by atoms with Gasteiger partial charge in [0.05, 0.1) is 10.9 Å². The SMILES string of the molecule is CN=C(NCc1ccc(Cl)s1)NCC1CCCN(C)C1c1cccs1.I. The number of halogens is 2. The van der Waals surface area contributed by atoms with Gasteiger partial charge in [-0.25, -0.2) is 0 Å². The molecule has 0 radical (unpaired) electrons. The quantitative estimate of drug-likeness (QED) is 0.334. The summed E-state index contributed by atoms with van der Waals surface area (Å²) in [6, 6.07) is 8.90. The van der Waals surface area contributed by atoms with Gasteiger partial charge in [0.1, 0.15) is 0 Å². The Labute approximate surface area is 186 Å². The van der Waals surface area contributed by atoms with Crippen molar-refractivity contribution in [1.82, 2.24) is 15.5 Å². The molecule has 0 amide bonds. The predicted octanol–water partition coefficient (Wildman–Crippen LogP) is 4.83. The number of guanidine groups is 1. The van der Waals surface area contributed by atoms with Crippen LogP contribution in [0.5, 0.6) is 0 Å². The van der Waals surface area contributed by atoms with E-state index in [4.69, 9.17) is 11.6 Å². The molecular formula is C18H26ClIN4S2. The molecule has 26 heavy (non-hydrogen) atoms. The Kier molecular flexibility index (Phi) is 9.16. The first-order valence-corrected chi connectivity index (χ1v) is 10.7. The summed E-state index contributed by atoms with van der Waals surface area (Å²) < 4.78 is 0.823. The maximum Gasteiger partial charge on any atom is 0.191 e. The lowest BCUT2D eigenvalue weighted by atomic mass is 9.88. The minimum atomic E-state index is 0. The van der Waals surface area contributed by atoms with Crippen LogP contribution in [0.2, 0.25) is 4.34 Å². The summed E-state index contributed by atoms with van der Waals surface area (Å²) in [5.41, 5.74) is 0. The largest absolute Gasteiger partial charge is 0.356 e. The first-order valence-electron chi connectivity index (χ1n) is 8.59. The number of nitrogens with one attached hydrogen (secondary N) is 2. The number of thiophene rings is 2. The van der Waals surface area contributed by atoms with Crippen molar-refractivity contribution in [3.05, 3.63) is 43.7 Å². The number of nitrogens with zero attached hydrogens (tertiary/aromatic N) is 2. The third-order valence-corrected chi connectivity index (χ3v) is 6.83. The molecule has 0 aromatic carbocycles. The lowest BCUT2D eigenvalue weighted by Crippen LogP contribution is -2.44. The molecule has 2 aromatic rings. The molecule has 8 heteroatoms. The molecule has 2 N–H and O–H groups in total. The first-order chi connectivity index (χ1) is 12.2. The smallest absolute Gasteiger partial charge is 0.191 e. The molecule has 144 valence electrons. The van der Waals surface area contributed by atoms with E-state index < -0.39 is 0 Å². The highest BCUT2D eigenvalue weighted by atomic mass is 127. The molecule has 0 saturated carbocycles. The monoisotopic (exact) mass is 524 g/mol. The summed E-state index contributed by atoms with van der Waals surface area (Å²) in [4.78, 5) is 9.52. The van der Waals surface area contributed by atoms with Gasteiger partial charge < -0.3 is 10.6 Å². The molecule has 2 aromatic heterocycles. The van der Waals surface area contributed by atoms with Crippen LogP contribution in [-0.2, 0) is 6.54 Å². The van der Waals surface area contributed by atoms with Crippen LogP contribution >= 0.6 is 58.3 Å². The lowest BCUT2D eigenvalue weighted by molar-refractivity contribution is 0.125. The Bertz CT molecular complexity index is 689. The number of rotatable bonds is 5. The maximum atomic E-state index is 5.99. The summed E-state index contributed by atoms with van der Waals surface area (Å²) >= 11 is 9.45. The highest BCUT2D eigenvalue weighted by Crippen LogP contribution is 2.36. The van der Waals surface area contributed by atoms with Crippen LogP contribution < -0.4 is 10.6 Å². The van der Waals surface area contributed by atoms with Crippen LogP contribution in [-0.4, -0.2) is 38.0 Å². The molecule has 0 bridgehead atoms. The number of piperidine rings is 1. The molecular weight excluding hydrogens is 499 g/mol. The molecule has 2 atom stereocenters. The molecule has 1 aliphatic heterocycles. The Morgan fingerprint density at radius 2 is 2.19 bits per heavy atom. The van der Waals surface area contributed by atoms with E-state index in [0.717, 1.165) is 23.4 Å². The van der Waals surface area contributed by atoms with Crippen molar-refractivity contribution in [2.75, 3.05) is 27.2 Å². The zero-order chi connectivity index (χ0) is 17.6. The van der Waals surface area contributed by atoms with E-state index in [-0.39, 0.29) is 24.0 Å². The van der Waals surface area contributed by atoms with Gasteiger partial charge in [0.15, 0.2) is 5.96 Å². The summed E-state index contributed by atoms with van der Waals surface area (Å²) in [5.74, 6) is 1.44. The van der Waals surface area contributed by atoms with E-state index in [0.29, 0.717) is 12.0 Å². The van der Waals surface area contributed by atoms with Gasteiger partial charge in [-0.15, -0.1) is 46.7 Å². The number of likely N-dealkylation sites (tertiary alicyclic amines) is 1. The third kappa shape index (κ3) is 5.82. The number of hydrogen-bond donors (Lipinski definition) is 2. The minimum Gasteiger partial charge on any atom is -0.356 e. The van der Waals surface area contributed by atoms with Gasteiger partial charge in [-0.3, -0.25) is 9.89 Å². The second kappa shape index (κ2) is 10.8. The van der Waals surface area contributed by atoms with Crippen LogP contribution in [0.3, 0.4) is 0 Å². The fraction of sp³-hybridized carbons (Fsp3) is 0.500. The van der Waals surface area contributed by atoms with Crippen molar-refractivity contribution in [3.63, 3.8) is 0 Å². The normalized spacial score (nSPS) is 21.3. The molecule has 3 heterocycles. The van der Waals surface area contributed by atoms with E-state index in [2.05, 4.69) is 51.2 Å². The second-order valence-corrected chi connectivity index (χ2v) is 9.13. The van der Waals surface area contributed by atoms with Crippen molar-refractivity contribution in [1.29, 1.82) is 0 Å². The topological polar surface area (TPSA) is 39.7 Å². The molecule has 1 saturated heterocycles. The van der Waals surface area contributed by atoms with E-state index >= 15 is 0 Å². The van der Waals surface area contributed by atoms with Crippen molar-refractivity contribution in [2.45, 2.75) is 25.4 Å². The fourth-order valence-electron chi connectivity index (χ4n) is 3.45. The van der Waals surface area contributed by atoms with Crippen molar-refractivity contribution in [3.8, 4) is 0 Å². The second-order valence-electron chi connectivity index (χ2n) is 6.36. The average Bonchev–Trinajstić information content (AvgIpc) is 3.27. The fourth-order valence-corrected chi connectivity index (χ4v) is 5.46. The number of hydrogen-bond acceptors (Lipinski definition) is 4. The van der Waals surface area contributed by atoms with Crippen LogP contribution in [0.15, 0.2) is 34.6 Å². The van der Waals surface area contributed by atoms with Gasteiger partial charge in [0, 0.05) is 29.4 Å². The van der Waals surface area contributed by atoms with Gasteiger partial charge in [-0.05, 0) is 55.9 Å². The van der Waals surface area contributed by atoms with Crippen molar-refractivity contribution >= 4 is 64.2 Å². The zero-order valence-electron chi connectivity index (χ0n) is 15.1. The Morgan fingerprint density at radius 3 is 2.85 bits per heavy atom. The van der Waals surface area contributed by atoms with Crippen LogP contribution in [0.4, 0.5) is 0 Å². The summed E-state index contributed by atoms with van der Waals surface area (Å²) in [7, 11) is 4.06. The summed E-state index contributed by atoms with van der Waals surface area (Å²) in [6.45, 7) is 2.85. The van der Waals surface area contributed by atoms with Crippen LogP contribution in [0.25, 0.3) is 0 Å². The van der Waals surface area contributed by atoms with Gasteiger partial charge in [0.2, 0.25) is 0 Å². The van der Waals surface area contributed by atoms with Crippen molar-refractivity contribution < 1.29 is 0 Å². The zero-order valence-corrected chi connectivity index (χ0v) is 19.8. The molecule has 3 rings (SSSR count). The van der Waals surface area contributed by atoms with E-state index in [1.807, 2.05) is 24.5 Å². The van der Waals surface area contributed by atoms with E-state index in [1.54, 1.807) is 11.3 Å². The van der Waals surface area contributed by atoms with E-state index in [9.17, 15) is 0 Å². The Morgan fingerprint density at radius 1 is 1.35 bits per heavy atom. The minimum absolute atomic E-state index is 0. The van der Waals surface area contributed by atoms with Gasteiger partial charge in [-0.1, -0.05) is 17.7 Å². The maximum absolute atomic E-state index is 5.99. The molecule has 4 nitrogen and oxygen atoms in total. The van der Waals surface area contributed by atoms with Crippen LogP contribution in [0.1, 0.15) is 28.6 Å². The predicted molar refractivity (Wildman–Crippen MR) is 125 cm³/mol. The Hall–Kier alpha value is -0.350. The average molecular weight is 525 g/mol. The standard InChI is InChI=1S/C18H25ClN4S2.HI/c1-20-18(22-12-14-7-8-16(19)25-14)21-11-13-5-3-9-23(2)17(13)15-6-4-10-24-15;/h4,6-8,10,13,17H,3,5,9,11-12H2,1-2H3,(H2,20,21,22);1H. The van der Waals surface area contributed by atoms with Crippen molar-refractivity contribution in [2.24, 2.45) is 10.9 Å². The summed E-state index contributed by atoms with van der Waals surface area (Å²) in [5, 5.41) is 9.07. The molecule has 0 aliphatic carbocycles. The Balaban J connectivity index is 0.00000243. The lowest BCUT2D eigenvalue weighted by Gasteiger charge is -2.39. The van der Waals surface area contributed by atoms with Gasteiger partial charge in [0.25, 0.3) is 0 Å². The summed E-state index contributed by atoms with van der Waals surface area (Å²) in [6.07, 6.45) is 2.50. The van der Waals surface area contributed by atoms with E-state index in [1.165, 1.54) is 29.1 Å². The molecule has 1 aliphatic rings. The molecule has 1 fully saturated rings. The molecule has 2 unspecified atom stereocenters. The highest BCUT2D eigenvalue weighted by Gasteiger charge is 2.31. The first kappa shape index (κ1) is 21.9.